The molecule has 1 fully saturated rings. The molecular formula is C18H26Br2O. The average Bonchev–Trinajstić information content (AvgIpc) is 2.89. The van der Waals surface area contributed by atoms with Gasteiger partial charge in [-0.2, -0.15) is 0 Å². The van der Waals surface area contributed by atoms with E-state index in [0.717, 1.165) is 16.1 Å². The fraction of sp³-hybridized carbons (Fsp3) is 0.667. The van der Waals surface area contributed by atoms with Crippen LogP contribution in [0.25, 0.3) is 0 Å². The van der Waals surface area contributed by atoms with Crippen molar-refractivity contribution in [2.24, 2.45) is 11.3 Å². The Balaban J connectivity index is 2.24. The molecule has 3 heteroatoms. The molecule has 0 aromatic heterocycles. The molecule has 0 spiro atoms. The summed E-state index contributed by atoms with van der Waals surface area (Å²) in [5.41, 5.74) is 1.79. The van der Waals surface area contributed by atoms with E-state index < -0.39 is 0 Å². The van der Waals surface area contributed by atoms with Crippen molar-refractivity contribution in [3.63, 3.8) is 0 Å². The van der Waals surface area contributed by atoms with Crippen LogP contribution >= 0.6 is 31.9 Å². The largest absolute Gasteiger partial charge is 0.493 e. The SMILES string of the molecule is CCOc1ccc(C(Br)C2(CC(C)C)CCCC2)cc1Br. The molecule has 0 heterocycles. The maximum atomic E-state index is 5.62. The maximum absolute atomic E-state index is 5.62. The number of rotatable bonds is 6. The number of ether oxygens (including phenoxy) is 1. The molecular weight excluding hydrogens is 392 g/mol. The molecule has 0 amide bonds. The van der Waals surface area contributed by atoms with Gasteiger partial charge in [-0.05, 0) is 71.1 Å². The summed E-state index contributed by atoms with van der Waals surface area (Å²) >= 11 is 7.68. The molecule has 0 N–H and O–H groups in total. The Morgan fingerprint density at radius 3 is 2.43 bits per heavy atom. The van der Waals surface area contributed by atoms with Gasteiger partial charge in [-0.3, -0.25) is 0 Å². The fourth-order valence-electron chi connectivity index (χ4n) is 3.75. The molecule has 1 saturated carbocycles. The summed E-state index contributed by atoms with van der Waals surface area (Å²) in [4.78, 5) is 0.432. The highest BCUT2D eigenvalue weighted by Crippen LogP contribution is 2.55. The molecule has 0 radical (unpaired) electrons. The van der Waals surface area contributed by atoms with E-state index in [1.54, 1.807) is 0 Å². The van der Waals surface area contributed by atoms with Gasteiger partial charge < -0.3 is 4.74 Å². The van der Waals surface area contributed by atoms with Crippen LogP contribution in [0.1, 0.15) is 63.3 Å². The van der Waals surface area contributed by atoms with Gasteiger partial charge in [0.05, 0.1) is 11.1 Å². The van der Waals surface area contributed by atoms with Crippen LogP contribution in [0.3, 0.4) is 0 Å². The Hall–Kier alpha value is -0.0200. The lowest BCUT2D eigenvalue weighted by Crippen LogP contribution is -2.24. The predicted octanol–water partition coefficient (Wildman–Crippen LogP) is 6.89. The second kappa shape index (κ2) is 7.50. The highest BCUT2D eigenvalue weighted by molar-refractivity contribution is 9.10. The first-order chi connectivity index (χ1) is 9.98. The number of benzene rings is 1. The Bertz CT molecular complexity index is 464. The van der Waals surface area contributed by atoms with Crippen molar-refractivity contribution in [1.82, 2.24) is 0 Å². The third-order valence-electron chi connectivity index (χ3n) is 4.50. The van der Waals surface area contributed by atoms with E-state index in [0.29, 0.717) is 16.8 Å². The van der Waals surface area contributed by atoms with Crippen molar-refractivity contribution in [2.75, 3.05) is 6.61 Å². The van der Waals surface area contributed by atoms with E-state index in [9.17, 15) is 0 Å². The van der Waals surface area contributed by atoms with Crippen LogP contribution in [0.4, 0.5) is 0 Å². The van der Waals surface area contributed by atoms with Gasteiger partial charge in [0, 0.05) is 4.83 Å². The summed E-state index contributed by atoms with van der Waals surface area (Å²) in [6, 6.07) is 6.54. The quantitative estimate of drug-likeness (QED) is 0.457. The molecule has 118 valence electrons. The average molecular weight is 418 g/mol. The van der Waals surface area contributed by atoms with Crippen molar-refractivity contribution in [1.29, 1.82) is 0 Å². The van der Waals surface area contributed by atoms with E-state index >= 15 is 0 Å². The van der Waals surface area contributed by atoms with E-state index in [2.05, 4.69) is 63.9 Å². The number of hydrogen-bond donors (Lipinski definition) is 0. The second-order valence-corrected chi connectivity index (χ2v) is 8.42. The van der Waals surface area contributed by atoms with E-state index in [1.165, 1.54) is 37.7 Å². The standard InChI is InChI=1S/C18H26Br2O/c1-4-21-16-8-7-14(11-15(16)19)17(20)18(12-13(2)3)9-5-6-10-18/h7-8,11,13,17H,4-6,9-10,12H2,1-3H3. The number of hydrogen-bond acceptors (Lipinski definition) is 1. The summed E-state index contributed by atoms with van der Waals surface area (Å²) in [5.74, 6) is 1.68. The molecule has 0 aliphatic heterocycles. The van der Waals surface area contributed by atoms with Crippen molar-refractivity contribution in [3.8, 4) is 5.75 Å². The molecule has 0 bridgehead atoms. The maximum Gasteiger partial charge on any atom is 0.133 e. The van der Waals surface area contributed by atoms with Crippen molar-refractivity contribution in [3.05, 3.63) is 28.2 Å². The van der Waals surface area contributed by atoms with Crippen LogP contribution < -0.4 is 4.74 Å². The molecule has 0 saturated heterocycles. The molecule has 2 rings (SSSR count). The summed E-state index contributed by atoms with van der Waals surface area (Å²) in [6.07, 6.45) is 6.71. The molecule has 1 aliphatic carbocycles. The Kier molecular flexibility index (Phi) is 6.19. The van der Waals surface area contributed by atoms with Gasteiger partial charge in [0.2, 0.25) is 0 Å². The molecule has 1 unspecified atom stereocenters. The highest BCUT2D eigenvalue weighted by atomic mass is 79.9. The van der Waals surface area contributed by atoms with E-state index in [1.807, 2.05) is 6.92 Å². The van der Waals surface area contributed by atoms with Gasteiger partial charge in [-0.25, -0.2) is 0 Å². The van der Waals surface area contributed by atoms with Gasteiger partial charge >= 0.3 is 0 Å². The first-order valence-electron chi connectivity index (χ1n) is 8.05. The smallest absolute Gasteiger partial charge is 0.133 e. The van der Waals surface area contributed by atoms with Gasteiger partial charge in [-0.15, -0.1) is 0 Å². The minimum atomic E-state index is 0.417. The molecule has 21 heavy (non-hydrogen) atoms. The molecule has 1 aliphatic rings. The van der Waals surface area contributed by atoms with E-state index in [-0.39, 0.29) is 0 Å². The first kappa shape index (κ1) is 17.3. The zero-order valence-electron chi connectivity index (χ0n) is 13.3. The summed E-state index contributed by atoms with van der Waals surface area (Å²) < 4.78 is 6.68. The normalized spacial score (nSPS) is 19.0. The Morgan fingerprint density at radius 2 is 1.90 bits per heavy atom. The third kappa shape index (κ3) is 4.04. The van der Waals surface area contributed by atoms with E-state index in [4.69, 9.17) is 4.74 Å². The van der Waals surface area contributed by atoms with Crippen LogP contribution in [0, 0.1) is 11.3 Å². The van der Waals surface area contributed by atoms with Crippen LogP contribution in [0.15, 0.2) is 22.7 Å². The first-order valence-corrected chi connectivity index (χ1v) is 9.75. The molecule has 1 atom stereocenters. The van der Waals surface area contributed by atoms with Gasteiger partial charge in [0.25, 0.3) is 0 Å². The van der Waals surface area contributed by atoms with Crippen LogP contribution in [0.2, 0.25) is 0 Å². The Morgan fingerprint density at radius 1 is 1.24 bits per heavy atom. The predicted molar refractivity (Wildman–Crippen MR) is 97.3 cm³/mol. The lowest BCUT2D eigenvalue weighted by Gasteiger charge is -2.36. The third-order valence-corrected chi connectivity index (χ3v) is 6.62. The van der Waals surface area contributed by atoms with Crippen molar-refractivity contribution in [2.45, 2.75) is 57.7 Å². The number of halogens is 2. The van der Waals surface area contributed by atoms with Crippen molar-refractivity contribution >= 4 is 31.9 Å². The summed E-state index contributed by atoms with van der Waals surface area (Å²) in [6.45, 7) is 7.40. The Labute approximate surface area is 146 Å². The molecule has 1 nitrogen and oxygen atoms in total. The van der Waals surface area contributed by atoms with Gasteiger partial charge in [0.15, 0.2) is 0 Å². The monoisotopic (exact) mass is 416 g/mol. The minimum absolute atomic E-state index is 0.417. The second-order valence-electron chi connectivity index (χ2n) is 6.65. The lowest BCUT2D eigenvalue weighted by molar-refractivity contribution is 0.230. The van der Waals surface area contributed by atoms with Crippen LogP contribution in [-0.4, -0.2) is 6.61 Å². The lowest BCUT2D eigenvalue weighted by atomic mass is 9.74. The summed E-state index contributed by atoms with van der Waals surface area (Å²) in [7, 11) is 0. The van der Waals surface area contributed by atoms with Crippen LogP contribution in [-0.2, 0) is 0 Å². The minimum Gasteiger partial charge on any atom is -0.493 e. The molecule has 1 aromatic carbocycles. The zero-order valence-corrected chi connectivity index (χ0v) is 16.5. The van der Waals surface area contributed by atoms with Gasteiger partial charge in [-0.1, -0.05) is 48.7 Å². The topological polar surface area (TPSA) is 9.23 Å². The highest BCUT2D eigenvalue weighted by Gasteiger charge is 2.41. The molecule has 1 aromatic rings. The fourth-order valence-corrected chi connectivity index (χ4v) is 5.19. The number of alkyl halides is 1. The van der Waals surface area contributed by atoms with Gasteiger partial charge in [0.1, 0.15) is 5.75 Å². The summed E-state index contributed by atoms with van der Waals surface area (Å²) in [5, 5.41) is 0. The zero-order chi connectivity index (χ0) is 15.5. The van der Waals surface area contributed by atoms with Crippen molar-refractivity contribution < 1.29 is 4.74 Å². The van der Waals surface area contributed by atoms with Crippen LogP contribution in [0.5, 0.6) is 5.75 Å².